The molecule has 1 aromatic heterocycles. The van der Waals surface area contributed by atoms with Crippen molar-refractivity contribution in [2.75, 3.05) is 50.7 Å². The number of benzene rings is 3. The highest BCUT2D eigenvalue weighted by Crippen LogP contribution is 2.46. The van der Waals surface area contributed by atoms with Crippen LogP contribution in [0.4, 0.5) is 5.69 Å². The number of hydrogen-bond acceptors (Lipinski definition) is 7. The Bertz CT molecular complexity index is 2210. The maximum atomic E-state index is 14.0. The Labute approximate surface area is 323 Å². The van der Waals surface area contributed by atoms with E-state index in [4.69, 9.17) is 0 Å². The van der Waals surface area contributed by atoms with Crippen LogP contribution in [0.3, 0.4) is 0 Å². The van der Waals surface area contributed by atoms with Gasteiger partial charge in [-0.2, -0.15) is 0 Å². The van der Waals surface area contributed by atoms with Crippen molar-refractivity contribution < 1.29 is 19.2 Å². The molecule has 0 bridgehead atoms. The van der Waals surface area contributed by atoms with E-state index in [0.717, 1.165) is 117 Å². The smallest absolute Gasteiger partial charge is 0.255 e. The zero-order chi connectivity index (χ0) is 38.0. The van der Waals surface area contributed by atoms with Crippen LogP contribution in [0.25, 0.3) is 10.9 Å². The van der Waals surface area contributed by atoms with Gasteiger partial charge in [0.05, 0.1) is 5.56 Å². The van der Waals surface area contributed by atoms with E-state index in [-0.39, 0.29) is 35.3 Å². The van der Waals surface area contributed by atoms with Gasteiger partial charge in [-0.05, 0) is 91.6 Å². The lowest BCUT2D eigenvalue weighted by Gasteiger charge is -2.44. The van der Waals surface area contributed by atoms with Crippen LogP contribution in [0.1, 0.15) is 107 Å². The monoisotopic (exact) mass is 740 g/mol. The molecule has 1 unspecified atom stereocenters. The minimum absolute atomic E-state index is 0.115. The number of piperidine rings is 2. The summed E-state index contributed by atoms with van der Waals surface area (Å²) in [6, 6.07) is 18.9. The Morgan fingerprint density at radius 2 is 1.64 bits per heavy atom. The fourth-order valence-corrected chi connectivity index (χ4v) is 10.1. The first-order valence-electron chi connectivity index (χ1n) is 20.4. The predicted molar refractivity (Wildman–Crippen MR) is 214 cm³/mol. The number of nitrogens with zero attached hydrogens (tertiary/aromatic N) is 4. The number of H-pyrrole nitrogens is 1. The third-order valence-corrected chi connectivity index (χ3v) is 13.3. The Morgan fingerprint density at radius 1 is 0.855 bits per heavy atom. The molecule has 1 atom stereocenters. The van der Waals surface area contributed by atoms with E-state index in [1.807, 2.05) is 18.2 Å². The number of carbonyl (C=O) groups excluding carboxylic acids is 4. The van der Waals surface area contributed by atoms with E-state index in [2.05, 4.69) is 82.2 Å². The van der Waals surface area contributed by atoms with Gasteiger partial charge in [-0.15, -0.1) is 0 Å². The largest absolute Gasteiger partial charge is 0.371 e. The maximum absolute atomic E-state index is 14.0. The minimum atomic E-state index is -0.577. The highest BCUT2D eigenvalue weighted by Gasteiger charge is 2.41. The molecule has 9 rings (SSSR count). The van der Waals surface area contributed by atoms with Gasteiger partial charge in [-0.25, -0.2) is 0 Å². The number of para-hydroxylation sites is 1. The van der Waals surface area contributed by atoms with E-state index < -0.39 is 6.04 Å². The summed E-state index contributed by atoms with van der Waals surface area (Å²) in [6.45, 7) is 14.6. The first kappa shape index (κ1) is 35.9. The van der Waals surface area contributed by atoms with Gasteiger partial charge in [-0.3, -0.25) is 29.4 Å². The fourth-order valence-electron chi connectivity index (χ4n) is 10.1. The number of imide groups is 1. The molecular formula is C45H52N6O4. The molecule has 0 radical (unpaired) electrons. The van der Waals surface area contributed by atoms with Crippen molar-refractivity contribution in [1.82, 2.24) is 25.0 Å². The van der Waals surface area contributed by atoms with E-state index in [1.54, 1.807) is 4.90 Å². The number of aromatic amines is 1. The SMILES string of the molecule is CCc1cc2c(cc1N1CCC(N3CCN(CCCc4ccc5c(c4)CN(C4CCC(=O)NC4=O)C5=O)CC3)CC1)C(C)(C)c1[nH]c3ccccc3c1C2=O. The van der Waals surface area contributed by atoms with Crippen molar-refractivity contribution in [1.29, 1.82) is 0 Å². The summed E-state index contributed by atoms with van der Waals surface area (Å²) in [5.41, 5.74) is 10.0. The Hall–Kier alpha value is -4.80. The quantitative estimate of drug-likeness (QED) is 0.227. The number of anilines is 1. The molecule has 2 N–H and O–H groups in total. The molecule has 3 amide bonds. The van der Waals surface area contributed by atoms with E-state index in [9.17, 15) is 19.2 Å². The van der Waals surface area contributed by atoms with Gasteiger partial charge in [0.2, 0.25) is 11.8 Å². The lowest BCUT2D eigenvalue weighted by atomic mass is 9.70. The normalized spacial score (nSPS) is 21.9. The fraction of sp³-hybridized carbons (Fsp3) is 0.467. The van der Waals surface area contributed by atoms with E-state index in [0.29, 0.717) is 24.6 Å². The molecule has 286 valence electrons. The number of aryl methyl sites for hydroxylation is 2. The van der Waals surface area contributed by atoms with Gasteiger partial charge in [-0.1, -0.05) is 51.1 Å². The summed E-state index contributed by atoms with van der Waals surface area (Å²) in [5.74, 6) is -0.607. The van der Waals surface area contributed by atoms with Gasteiger partial charge in [0.15, 0.2) is 5.78 Å². The third-order valence-electron chi connectivity index (χ3n) is 13.3. The number of ketones is 1. The van der Waals surface area contributed by atoms with Gasteiger partial charge < -0.3 is 19.7 Å². The van der Waals surface area contributed by atoms with E-state index in [1.165, 1.54) is 16.8 Å². The van der Waals surface area contributed by atoms with Crippen molar-refractivity contribution in [2.24, 2.45) is 0 Å². The van der Waals surface area contributed by atoms with Crippen LogP contribution in [-0.2, 0) is 34.4 Å². The average Bonchev–Trinajstić information content (AvgIpc) is 3.75. The summed E-state index contributed by atoms with van der Waals surface area (Å²) < 4.78 is 0. The van der Waals surface area contributed by atoms with E-state index >= 15 is 0 Å². The first-order valence-corrected chi connectivity index (χ1v) is 20.4. The summed E-state index contributed by atoms with van der Waals surface area (Å²) in [5, 5.41) is 3.40. The van der Waals surface area contributed by atoms with Crippen molar-refractivity contribution in [2.45, 2.75) is 89.8 Å². The molecule has 4 aromatic rings. The molecule has 0 spiro atoms. The van der Waals surface area contributed by atoms with Crippen LogP contribution < -0.4 is 10.2 Å². The van der Waals surface area contributed by atoms with Crippen LogP contribution in [0.2, 0.25) is 0 Å². The number of aromatic nitrogens is 1. The number of piperazine rings is 1. The van der Waals surface area contributed by atoms with Crippen molar-refractivity contribution in [3.8, 4) is 0 Å². The summed E-state index contributed by atoms with van der Waals surface area (Å²) in [6.07, 6.45) is 5.86. The molecule has 10 heteroatoms. The van der Waals surface area contributed by atoms with Gasteiger partial charge in [0.25, 0.3) is 5.91 Å². The zero-order valence-electron chi connectivity index (χ0n) is 32.4. The molecule has 5 heterocycles. The Balaban J connectivity index is 0.774. The molecule has 55 heavy (non-hydrogen) atoms. The molecular weight excluding hydrogens is 689 g/mol. The number of amides is 3. The topological polar surface area (TPSA) is 109 Å². The maximum Gasteiger partial charge on any atom is 0.255 e. The summed E-state index contributed by atoms with van der Waals surface area (Å²) >= 11 is 0. The molecule has 10 nitrogen and oxygen atoms in total. The van der Waals surface area contributed by atoms with Crippen LogP contribution in [0.15, 0.2) is 54.6 Å². The van der Waals surface area contributed by atoms with Gasteiger partial charge >= 0.3 is 0 Å². The van der Waals surface area contributed by atoms with Crippen molar-refractivity contribution in [3.05, 3.63) is 99.2 Å². The van der Waals surface area contributed by atoms with Crippen LogP contribution in [-0.4, -0.2) is 101 Å². The summed E-state index contributed by atoms with van der Waals surface area (Å²) in [7, 11) is 0. The lowest BCUT2D eigenvalue weighted by molar-refractivity contribution is -0.136. The highest BCUT2D eigenvalue weighted by molar-refractivity contribution is 6.20. The Kier molecular flexibility index (Phi) is 9.16. The highest BCUT2D eigenvalue weighted by atomic mass is 16.2. The second-order valence-corrected chi connectivity index (χ2v) is 16.8. The summed E-state index contributed by atoms with van der Waals surface area (Å²) in [4.78, 5) is 64.3. The molecule has 4 aliphatic heterocycles. The molecule has 0 saturated carbocycles. The molecule has 5 aliphatic rings. The predicted octanol–water partition coefficient (Wildman–Crippen LogP) is 5.58. The average molecular weight is 741 g/mol. The van der Waals surface area contributed by atoms with Crippen molar-refractivity contribution >= 4 is 40.1 Å². The minimum Gasteiger partial charge on any atom is -0.371 e. The molecule has 3 aromatic carbocycles. The van der Waals surface area contributed by atoms with Crippen LogP contribution in [0.5, 0.6) is 0 Å². The number of nitrogens with one attached hydrogen (secondary N) is 2. The standard InChI is InChI=1S/C45H52N6O4/c1-4-29-25-34-35(45(2,3)42-40(41(34)53)33-9-5-6-10-36(33)46-42)26-38(29)50-18-15-31(16-19-50)49-22-20-48(21-23-49)17-7-8-28-11-12-32-30(24-28)27-51(44(32)55)37-13-14-39(52)47-43(37)54/h5-6,9-12,24-26,31,37,46H,4,7-8,13-23,27H2,1-3H3,(H,47,52,54). The number of rotatable bonds is 8. The molecule has 3 fully saturated rings. The van der Waals surface area contributed by atoms with Crippen LogP contribution >= 0.6 is 0 Å². The number of fused-ring (bicyclic) bond motifs is 5. The van der Waals surface area contributed by atoms with Gasteiger partial charge in [0.1, 0.15) is 6.04 Å². The molecule has 1 aliphatic carbocycles. The van der Waals surface area contributed by atoms with Crippen LogP contribution in [0, 0.1) is 0 Å². The lowest BCUT2D eigenvalue weighted by Crippen LogP contribution is -2.53. The number of carbonyl (C=O) groups is 4. The number of hydrogen-bond donors (Lipinski definition) is 2. The zero-order valence-corrected chi connectivity index (χ0v) is 32.4. The van der Waals surface area contributed by atoms with Gasteiger partial charge in [0, 0.05) is 97.1 Å². The second-order valence-electron chi connectivity index (χ2n) is 16.8. The second kappa shape index (κ2) is 14.0. The third kappa shape index (κ3) is 6.27. The Morgan fingerprint density at radius 3 is 2.40 bits per heavy atom. The van der Waals surface area contributed by atoms with Crippen molar-refractivity contribution in [3.63, 3.8) is 0 Å². The first-order chi connectivity index (χ1) is 26.6. The molecule has 3 saturated heterocycles.